The predicted molar refractivity (Wildman–Crippen MR) is 166 cm³/mol. The first-order chi connectivity index (χ1) is 22.4. The summed E-state index contributed by atoms with van der Waals surface area (Å²) >= 11 is 0. The van der Waals surface area contributed by atoms with E-state index in [9.17, 15) is 14.0 Å². The first-order valence-corrected chi connectivity index (χ1v) is 15.4. The van der Waals surface area contributed by atoms with Gasteiger partial charge in [-0.2, -0.15) is 14.0 Å². The average molecular weight is 640 g/mol. The minimum atomic E-state index is -2.88. The molecule has 246 valence electrons. The van der Waals surface area contributed by atoms with E-state index in [0.717, 1.165) is 63.9 Å². The number of alkyl halides is 2. The monoisotopic (exact) mass is 639 g/mol. The van der Waals surface area contributed by atoms with Gasteiger partial charge in [-0.15, -0.1) is 5.10 Å². The van der Waals surface area contributed by atoms with Gasteiger partial charge in [0.1, 0.15) is 30.2 Å². The topological polar surface area (TPSA) is 155 Å². The Hall–Kier alpha value is -4.39. The van der Waals surface area contributed by atoms with Crippen LogP contribution in [0.3, 0.4) is 0 Å². The van der Waals surface area contributed by atoms with E-state index in [0.29, 0.717) is 41.1 Å². The molecule has 3 N–H and O–H groups in total. The molecule has 1 aliphatic heterocycles. The molecule has 1 aromatic carbocycles. The zero-order chi connectivity index (χ0) is 32.3. The van der Waals surface area contributed by atoms with E-state index in [1.165, 1.54) is 0 Å². The van der Waals surface area contributed by atoms with Crippen LogP contribution in [0, 0.1) is 16.7 Å². The Kier molecular flexibility index (Phi) is 11.7. The molecule has 0 bridgehead atoms. The number of anilines is 2. The van der Waals surface area contributed by atoms with E-state index in [2.05, 4.69) is 41.4 Å². The van der Waals surface area contributed by atoms with Gasteiger partial charge in [-0.25, -0.2) is 9.97 Å². The van der Waals surface area contributed by atoms with Crippen LogP contribution in [0.5, 0.6) is 11.6 Å². The lowest BCUT2D eigenvalue weighted by Crippen LogP contribution is -2.45. The predicted octanol–water partition coefficient (Wildman–Crippen LogP) is 4.35. The SMILES string of the molecule is C[C@@H](CNC=N)Oc1cc(-c2cnc(Nc3cn(C4CCC(N5CCOCC5)CC4)nc3OCCOC(F)F)nc2)ccc1C#N. The second-order valence-corrected chi connectivity index (χ2v) is 11.1. The van der Waals surface area contributed by atoms with Gasteiger partial charge in [-0.1, -0.05) is 6.07 Å². The van der Waals surface area contributed by atoms with Gasteiger partial charge in [0, 0.05) is 37.1 Å². The van der Waals surface area contributed by atoms with Gasteiger partial charge in [0.2, 0.25) is 5.95 Å². The molecule has 1 saturated heterocycles. The Labute approximate surface area is 266 Å². The standard InChI is InChI=1S/C31H39F2N9O4/c1-21(16-36-20-35)46-28-14-22(2-3-23(28)15-34)24-17-37-31(38-18-24)39-27-19-42(40-29(27)44-12-13-45-30(32)33)26-6-4-25(5-7-26)41-8-10-43-11-9-41/h2-3,14,17-21,25-26,30H,4-13,16H2,1H3,(H2,35,36)(H,37,38,39)/t21-,25?,26?/m0/s1. The number of aromatic nitrogens is 4. The number of halogens is 2. The highest BCUT2D eigenvalue weighted by Crippen LogP contribution is 2.35. The lowest BCUT2D eigenvalue weighted by atomic mass is 9.90. The number of hydrogen-bond donors (Lipinski definition) is 3. The van der Waals surface area contributed by atoms with Crippen molar-refractivity contribution in [3.8, 4) is 28.8 Å². The number of ether oxygens (including phenoxy) is 4. The molecular weight excluding hydrogens is 600 g/mol. The third-order valence-electron chi connectivity index (χ3n) is 8.04. The van der Waals surface area contributed by atoms with Gasteiger partial charge in [-0.3, -0.25) is 15.0 Å². The molecule has 2 aliphatic rings. The van der Waals surface area contributed by atoms with E-state index in [1.54, 1.807) is 30.6 Å². The van der Waals surface area contributed by atoms with Crippen LogP contribution in [0.2, 0.25) is 0 Å². The maximum Gasteiger partial charge on any atom is 0.345 e. The highest BCUT2D eigenvalue weighted by Gasteiger charge is 2.29. The van der Waals surface area contributed by atoms with Crippen molar-refractivity contribution in [3.05, 3.63) is 42.4 Å². The number of hydrogen-bond acceptors (Lipinski definition) is 11. The Morgan fingerprint density at radius 2 is 1.85 bits per heavy atom. The summed E-state index contributed by atoms with van der Waals surface area (Å²) in [6.45, 7) is 2.49. The molecule has 2 fully saturated rings. The molecule has 46 heavy (non-hydrogen) atoms. The van der Waals surface area contributed by atoms with Crippen molar-refractivity contribution < 1.29 is 27.7 Å². The van der Waals surface area contributed by atoms with Crippen LogP contribution in [0.4, 0.5) is 20.4 Å². The van der Waals surface area contributed by atoms with Crippen molar-refractivity contribution in [2.75, 3.05) is 51.4 Å². The summed E-state index contributed by atoms with van der Waals surface area (Å²) in [6, 6.07) is 8.08. The fourth-order valence-electron chi connectivity index (χ4n) is 5.70. The molecule has 13 nitrogen and oxygen atoms in total. The maximum absolute atomic E-state index is 12.5. The first-order valence-electron chi connectivity index (χ1n) is 15.4. The maximum atomic E-state index is 12.5. The Balaban J connectivity index is 1.27. The van der Waals surface area contributed by atoms with Gasteiger partial charge < -0.3 is 29.6 Å². The van der Waals surface area contributed by atoms with Gasteiger partial charge >= 0.3 is 6.61 Å². The lowest BCUT2D eigenvalue weighted by Gasteiger charge is -2.38. The molecule has 3 heterocycles. The van der Waals surface area contributed by atoms with Crippen molar-refractivity contribution in [3.63, 3.8) is 0 Å². The minimum absolute atomic E-state index is 0.0985. The fourth-order valence-corrected chi connectivity index (χ4v) is 5.70. The molecule has 1 atom stereocenters. The smallest absolute Gasteiger partial charge is 0.345 e. The molecule has 5 rings (SSSR count). The lowest BCUT2D eigenvalue weighted by molar-refractivity contribution is -0.133. The van der Waals surface area contributed by atoms with Crippen LogP contribution >= 0.6 is 0 Å². The number of nitriles is 1. The normalized spacial score (nSPS) is 19.3. The summed E-state index contributed by atoms with van der Waals surface area (Å²) in [5.74, 6) is 0.969. The molecule has 15 heteroatoms. The number of rotatable bonds is 15. The molecule has 0 unspecified atom stereocenters. The second kappa shape index (κ2) is 16.3. The number of benzene rings is 1. The van der Waals surface area contributed by atoms with E-state index in [1.807, 2.05) is 17.8 Å². The molecule has 2 aromatic heterocycles. The Morgan fingerprint density at radius 3 is 2.54 bits per heavy atom. The third-order valence-corrected chi connectivity index (χ3v) is 8.04. The number of nitrogens with one attached hydrogen (secondary N) is 3. The number of morpholine rings is 1. The van der Waals surface area contributed by atoms with Crippen LogP contribution < -0.4 is 20.1 Å². The van der Waals surface area contributed by atoms with Gasteiger partial charge in [-0.05, 0) is 50.3 Å². The van der Waals surface area contributed by atoms with Crippen LogP contribution in [-0.4, -0.2) is 95.8 Å². The quantitative estimate of drug-likeness (QED) is 0.123. The van der Waals surface area contributed by atoms with Crippen LogP contribution in [0.25, 0.3) is 11.1 Å². The van der Waals surface area contributed by atoms with E-state index in [-0.39, 0.29) is 31.2 Å². The van der Waals surface area contributed by atoms with Crippen LogP contribution in [-0.2, 0) is 9.47 Å². The highest BCUT2D eigenvalue weighted by molar-refractivity contribution is 5.67. The van der Waals surface area contributed by atoms with Crippen molar-refractivity contribution in [2.24, 2.45) is 0 Å². The first kappa shape index (κ1) is 33.0. The molecule has 1 aliphatic carbocycles. The van der Waals surface area contributed by atoms with Crippen LogP contribution in [0.1, 0.15) is 44.2 Å². The summed E-state index contributed by atoms with van der Waals surface area (Å²) in [4.78, 5) is 11.5. The average Bonchev–Trinajstić information content (AvgIpc) is 3.48. The molecule has 0 spiro atoms. The summed E-state index contributed by atoms with van der Waals surface area (Å²) in [7, 11) is 0. The fraction of sp³-hybridized carbons (Fsp3) is 0.516. The van der Waals surface area contributed by atoms with E-state index >= 15 is 0 Å². The second-order valence-electron chi connectivity index (χ2n) is 11.1. The zero-order valence-electron chi connectivity index (χ0n) is 25.7. The number of nitrogens with zero attached hydrogens (tertiary/aromatic N) is 6. The largest absolute Gasteiger partial charge is 0.487 e. The zero-order valence-corrected chi connectivity index (χ0v) is 25.7. The van der Waals surface area contributed by atoms with Gasteiger partial charge in [0.05, 0.1) is 50.5 Å². The molecule has 0 radical (unpaired) electrons. The van der Waals surface area contributed by atoms with E-state index in [4.69, 9.17) is 19.6 Å². The summed E-state index contributed by atoms with van der Waals surface area (Å²) in [6.07, 6.45) is 9.98. The van der Waals surface area contributed by atoms with Crippen molar-refractivity contribution in [2.45, 2.75) is 57.4 Å². The summed E-state index contributed by atoms with van der Waals surface area (Å²) in [5, 5.41) is 27.3. The molecule has 1 saturated carbocycles. The van der Waals surface area contributed by atoms with Crippen molar-refractivity contribution >= 4 is 18.0 Å². The van der Waals surface area contributed by atoms with E-state index < -0.39 is 6.61 Å². The molecule has 0 amide bonds. The van der Waals surface area contributed by atoms with Gasteiger partial charge in [0.25, 0.3) is 5.88 Å². The Bertz CT molecular complexity index is 1450. The van der Waals surface area contributed by atoms with Gasteiger partial charge in [0.15, 0.2) is 0 Å². The van der Waals surface area contributed by atoms with Crippen molar-refractivity contribution in [1.82, 2.24) is 30.0 Å². The summed E-state index contributed by atoms with van der Waals surface area (Å²) < 4.78 is 48.4. The third kappa shape index (κ3) is 8.87. The molecule has 3 aromatic rings. The molecular formula is C31H39F2N9O4. The highest BCUT2D eigenvalue weighted by atomic mass is 19.3. The minimum Gasteiger partial charge on any atom is -0.487 e. The van der Waals surface area contributed by atoms with Crippen LogP contribution in [0.15, 0.2) is 36.8 Å². The van der Waals surface area contributed by atoms with Crippen molar-refractivity contribution in [1.29, 1.82) is 10.7 Å². The Morgan fingerprint density at radius 1 is 1.11 bits per heavy atom. The summed E-state index contributed by atoms with van der Waals surface area (Å²) in [5.41, 5.74) is 2.37.